The number of benzene rings is 1. The summed E-state index contributed by atoms with van der Waals surface area (Å²) in [7, 11) is 0. The fourth-order valence-corrected chi connectivity index (χ4v) is 2.73. The third-order valence-electron chi connectivity index (χ3n) is 3.88. The van der Waals surface area contributed by atoms with Crippen LogP contribution in [0.15, 0.2) is 18.2 Å². The lowest BCUT2D eigenvalue weighted by molar-refractivity contribution is -0.148. The van der Waals surface area contributed by atoms with Crippen molar-refractivity contribution in [2.24, 2.45) is 11.8 Å². The Labute approximate surface area is 121 Å². The molecule has 114 valence electrons. The molecule has 2 atom stereocenters. The van der Waals surface area contributed by atoms with Crippen LogP contribution in [0.25, 0.3) is 0 Å². The van der Waals surface area contributed by atoms with E-state index < -0.39 is 35.3 Å². The first-order valence-electron chi connectivity index (χ1n) is 6.93. The number of carbonyl (C=O) groups excluding carboxylic acids is 1. The molecule has 1 aromatic rings. The summed E-state index contributed by atoms with van der Waals surface area (Å²) >= 11 is 0. The van der Waals surface area contributed by atoms with Gasteiger partial charge in [-0.15, -0.1) is 0 Å². The highest BCUT2D eigenvalue weighted by Crippen LogP contribution is 2.30. The Balaban J connectivity index is 2.00. The highest BCUT2D eigenvalue weighted by molar-refractivity contribution is 5.84. The molecule has 0 aromatic heterocycles. The van der Waals surface area contributed by atoms with Crippen molar-refractivity contribution in [2.45, 2.75) is 32.2 Å². The van der Waals surface area contributed by atoms with Gasteiger partial charge in [-0.25, -0.2) is 8.78 Å². The fourth-order valence-electron chi connectivity index (χ4n) is 2.73. The van der Waals surface area contributed by atoms with Crippen molar-refractivity contribution in [1.29, 1.82) is 0 Å². The van der Waals surface area contributed by atoms with Crippen LogP contribution in [0.4, 0.5) is 8.78 Å². The number of carboxylic acid groups (broad SMARTS) is 1. The molecular weight excluding hydrogens is 280 g/mol. The van der Waals surface area contributed by atoms with Crippen molar-refractivity contribution < 1.29 is 23.5 Å². The molecule has 1 saturated carbocycles. The molecule has 4 nitrogen and oxygen atoms in total. The Morgan fingerprint density at radius 2 is 1.86 bits per heavy atom. The molecule has 21 heavy (non-hydrogen) atoms. The largest absolute Gasteiger partial charge is 0.481 e. The molecule has 1 aliphatic rings. The molecule has 1 aromatic carbocycles. The molecule has 0 unspecified atom stereocenters. The maximum Gasteiger partial charge on any atom is 0.307 e. The van der Waals surface area contributed by atoms with Gasteiger partial charge in [0.15, 0.2) is 0 Å². The quantitative estimate of drug-likeness (QED) is 0.897. The Morgan fingerprint density at radius 3 is 2.52 bits per heavy atom. The number of amides is 1. The minimum atomic E-state index is -0.980. The Hall–Kier alpha value is -1.98. The average Bonchev–Trinajstić information content (AvgIpc) is 2.47. The van der Waals surface area contributed by atoms with Gasteiger partial charge >= 0.3 is 5.97 Å². The maximum absolute atomic E-state index is 13.5. The SMILES string of the molecule is O=C(O)[C@H]1CCCC[C@H]1C(=O)NCc1cc(F)ccc1F. The predicted molar refractivity (Wildman–Crippen MR) is 71.3 cm³/mol. The smallest absolute Gasteiger partial charge is 0.307 e. The van der Waals surface area contributed by atoms with Gasteiger partial charge in [-0.2, -0.15) is 0 Å². The molecular formula is C15H17F2NO3. The molecule has 0 radical (unpaired) electrons. The van der Waals surface area contributed by atoms with Crippen LogP contribution in [0, 0.1) is 23.5 Å². The summed E-state index contributed by atoms with van der Waals surface area (Å²) in [6.07, 6.45) is 2.58. The van der Waals surface area contributed by atoms with Crippen LogP contribution in [0.3, 0.4) is 0 Å². The second-order valence-electron chi connectivity index (χ2n) is 5.29. The molecule has 2 N–H and O–H groups in total. The molecule has 6 heteroatoms. The Kier molecular flexibility index (Phi) is 4.88. The highest BCUT2D eigenvalue weighted by Gasteiger charge is 2.35. The molecule has 0 saturated heterocycles. The van der Waals surface area contributed by atoms with E-state index in [0.29, 0.717) is 12.8 Å². The number of hydrogen-bond donors (Lipinski definition) is 2. The van der Waals surface area contributed by atoms with E-state index in [-0.39, 0.29) is 12.1 Å². The molecule has 1 amide bonds. The van der Waals surface area contributed by atoms with Crippen LogP contribution in [0.2, 0.25) is 0 Å². The molecule has 0 spiro atoms. The first-order valence-corrected chi connectivity index (χ1v) is 6.93. The standard InChI is InChI=1S/C15H17F2NO3/c16-10-5-6-13(17)9(7-10)8-18-14(19)11-3-1-2-4-12(11)15(20)21/h5-7,11-12H,1-4,8H2,(H,18,19)(H,20,21)/t11-,12+/m1/s1. The van der Waals surface area contributed by atoms with Gasteiger partial charge in [0.1, 0.15) is 11.6 Å². The lowest BCUT2D eigenvalue weighted by Crippen LogP contribution is -2.39. The summed E-state index contributed by atoms with van der Waals surface area (Å²) in [5.41, 5.74) is 0.0473. The molecule has 0 bridgehead atoms. The van der Waals surface area contributed by atoms with Crippen LogP contribution in [0.5, 0.6) is 0 Å². The zero-order valence-electron chi connectivity index (χ0n) is 11.4. The van der Waals surface area contributed by atoms with Crippen LogP contribution >= 0.6 is 0 Å². The van der Waals surface area contributed by atoms with Crippen LogP contribution in [-0.2, 0) is 16.1 Å². The summed E-state index contributed by atoms with van der Waals surface area (Å²) in [4.78, 5) is 23.2. The first kappa shape index (κ1) is 15.4. The third kappa shape index (κ3) is 3.77. The van der Waals surface area contributed by atoms with E-state index in [1.165, 1.54) is 0 Å². The van der Waals surface area contributed by atoms with E-state index in [1.807, 2.05) is 0 Å². The van der Waals surface area contributed by atoms with Crippen LogP contribution in [-0.4, -0.2) is 17.0 Å². The normalized spacial score (nSPS) is 21.8. The van der Waals surface area contributed by atoms with Gasteiger partial charge in [0.05, 0.1) is 11.8 Å². The lowest BCUT2D eigenvalue weighted by atomic mass is 9.78. The van der Waals surface area contributed by atoms with Crippen LogP contribution < -0.4 is 5.32 Å². The van der Waals surface area contributed by atoms with Crippen LogP contribution in [0.1, 0.15) is 31.2 Å². The van der Waals surface area contributed by atoms with Gasteiger partial charge in [0.2, 0.25) is 5.91 Å². The number of carbonyl (C=O) groups is 2. The number of carboxylic acids is 1. The van der Waals surface area contributed by atoms with Gasteiger partial charge in [0, 0.05) is 12.1 Å². The summed E-state index contributed by atoms with van der Waals surface area (Å²) in [6, 6.07) is 3.02. The average molecular weight is 297 g/mol. The third-order valence-corrected chi connectivity index (χ3v) is 3.88. The zero-order valence-corrected chi connectivity index (χ0v) is 11.4. The van der Waals surface area contributed by atoms with E-state index in [2.05, 4.69) is 5.32 Å². The fraction of sp³-hybridized carbons (Fsp3) is 0.467. The van der Waals surface area contributed by atoms with Gasteiger partial charge in [-0.05, 0) is 31.0 Å². The van der Waals surface area contributed by atoms with E-state index in [4.69, 9.17) is 5.11 Å². The summed E-state index contributed by atoms with van der Waals surface area (Å²) < 4.78 is 26.5. The van der Waals surface area contributed by atoms with Gasteiger partial charge in [0.25, 0.3) is 0 Å². The van der Waals surface area contributed by atoms with Crippen molar-refractivity contribution in [3.8, 4) is 0 Å². The summed E-state index contributed by atoms with van der Waals surface area (Å²) in [6.45, 7) is -0.148. The molecule has 1 fully saturated rings. The summed E-state index contributed by atoms with van der Waals surface area (Å²) in [5, 5.41) is 11.6. The van der Waals surface area contributed by atoms with Crippen molar-refractivity contribution >= 4 is 11.9 Å². The second-order valence-corrected chi connectivity index (χ2v) is 5.29. The first-order chi connectivity index (χ1) is 9.99. The molecule has 0 heterocycles. The topological polar surface area (TPSA) is 66.4 Å². The van der Waals surface area contributed by atoms with Crippen molar-refractivity contribution in [1.82, 2.24) is 5.32 Å². The number of halogens is 2. The van der Waals surface area contributed by atoms with Crippen molar-refractivity contribution in [3.05, 3.63) is 35.4 Å². The lowest BCUT2D eigenvalue weighted by Gasteiger charge is -2.27. The molecule has 0 aliphatic heterocycles. The molecule has 1 aliphatic carbocycles. The second kappa shape index (κ2) is 6.65. The summed E-state index contributed by atoms with van der Waals surface area (Å²) in [5.74, 6) is -3.88. The van der Waals surface area contributed by atoms with E-state index in [0.717, 1.165) is 31.0 Å². The number of aliphatic carboxylic acids is 1. The van der Waals surface area contributed by atoms with Gasteiger partial charge in [-0.1, -0.05) is 12.8 Å². The van der Waals surface area contributed by atoms with E-state index in [9.17, 15) is 18.4 Å². The van der Waals surface area contributed by atoms with Gasteiger partial charge in [-0.3, -0.25) is 9.59 Å². The van der Waals surface area contributed by atoms with E-state index >= 15 is 0 Å². The predicted octanol–water partition coefficient (Wildman–Crippen LogP) is 2.47. The Bertz CT molecular complexity index is 548. The van der Waals surface area contributed by atoms with Gasteiger partial charge < -0.3 is 10.4 Å². The Morgan fingerprint density at radius 1 is 1.19 bits per heavy atom. The number of rotatable bonds is 4. The van der Waals surface area contributed by atoms with Crippen molar-refractivity contribution in [3.63, 3.8) is 0 Å². The monoisotopic (exact) mass is 297 g/mol. The minimum absolute atomic E-state index is 0.0473. The van der Waals surface area contributed by atoms with E-state index in [1.54, 1.807) is 0 Å². The maximum atomic E-state index is 13.5. The number of nitrogens with one attached hydrogen (secondary N) is 1. The minimum Gasteiger partial charge on any atom is -0.481 e. The molecule has 2 rings (SSSR count). The highest BCUT2D eigenvalue weighted by atomic mass is 19.1. The zero-order chi connectivity index (χ0) is 15.4. The number of hydrogen-bond acceptors (Lipinski definition) is 2. The van der Waals surface area contributed by atoms with Crippen molar-refractivity contribution in [2.75, 3.05) is 0 Å².